The molecule has 0 saturated heterocycles. The number of benzene rings is 2. The molecule has 0 aliphatic carbocycles. The summed E-state index contributed by atoms with van der Waals surface area (Å²) < 4.78 is 5.56. The maximum atomic E-state index is 12.4. The van der Waals surface area contributed by atoms with Crippen LogP contribution in [0.5, 0.6) is 5.75 Å². The first-order chi connectivity index (χ1) is 13.9. The largest absolute Gasteiger partial charge is 0.494 e. The Kier molecular flexibility index (Phi) is 8.66. The summed E-state index contributed by atoms with van der Waals surface area (Å²) in [5.41, 5.74) is 6.81. The van der Waals surface area contributed by atoms with Crippen LogP contribution < -0.4 is 15.8 Å². The van der Waals surface area contributed by atoms with Gasteiger partial charge in [0.2, 0.25) is 5.91 Å². The highest BCUT2D eigenvalue weighted by molar-refractivity contribution is 6.43. The predicted molar refractivity (Wildman–Crippen MR) is 109 cm³/mol. The van der Waals surface area contributed by atoms with E-state index in [1.807, 2.05) is 0 Å². The van der Waals surface area contributed by atoms with Gasteiger partial charge in [-0.05, 0) is 54.8 Å². The number of carbonyl (C=O) groups excluding carboxylic acids is 1. The lowest BCUT2D eigenvalue weighted by molar-refractivity contribution is -0.120. The molecule has 29 heavy (non-hydrogen) atoms. The van der Waals surface area contributed by atoms with Crippen molar-refractivity contribution in [2.24, 2.45) is 5.73 Å². The van der Waals surface area contributed by atoms with Crippen molar-refractivity contribution < 1.29 is 29.5 Å². The summed E-state index contributed by atoms with van der Waals surface area (Å²) >= 11 is 0. The van der Waals surface area contributed by atoms with Crippen molar-refractivity contribution in [2.45, 2.75) is 25.2 Å². The number of hydrogen-bond acceptors (Lipinski definition) is 6. The fraction of sp³-hybridized carbons (Fsp3) is 0.300. The van der Waals surface area contributed by atoms with E-state index in [2.05, 4.69) is 5.32 Å². The van der Waals surface area contributed by atoms with Gasteiger partial charge in [0.1, 0.15) is 5.75 Å². The molecular formula is C20H25BN2O6. The van der Waals surface area contributed by atoms with Gasteiger partial charge in [0.05, 0.1) is 24.5 Å². The van der Waals surface area contributed by atoms with Gasteiger partial charge in [-0.3, -0.25) is 4.79 Å². The van der Waals surface area contributed by atoms with Gasteiger partial charge in [0, 0.05) is 0 Å². The average Bonchev–Trinajstić information content (AvgIpc) is 2.68. The van der Waals surface area contributed by atoms with Crippen LogP contribution in [0.1, 0.15) is 27.9 Å². The second-order valence-corrected chi connectivity index (χ2v) is 6.61. The minimum Gasteiger partial charge on any atom is -0.494 e. The zero-order valence-corrected chi connectivity index (χ0v) is 16.0. The lowest BCUT2D eigenvalue weighted by Crippen LogP contribution is -2.48. The Balaban J connectivity index is 1.98. The summed E-state index contributed by atoms with van der Waals surface area (Å²) in [6.07, 6.45) is 0.836. The molecule has 0 heterocycles. The van der Waals surface area contributed by atoms with Gasteiger partial charge in [-0.25, -0.2) is 4.79 Å². The number of nitrogens with two attached hydrogens (primary N) is 1. The Morgan fingerprint density at radius 3 is 2.52 bits per heavy atom. The highest BCUT2D eigenvalue weighted by Crippen LogP contribution is 2.14. The number of rotatable bonds is 11. The molecule has 0 bridgehead atoms. The Hall–Kier alpha value is -2.88. The van der Waals surface area contributed by atoms with Crippen LogP contribution in [-0.4, -0.2) is 53.2 Å². The zero-order chi connectivity index (χ0) is 21.2. The lowest BCUT2D eigenvalue weighted by Gasteiger charge is -2.18. The van der Waals surface area contributed by atoms with E-state index >= 15 is 0 Å². The Labute approximate surface area is 169 Å². The van der Waals surface area contributed by atoms with Gasteiger partial charge >= 0.3 is 13.1 Å². The number of ether oxygens (including phenoxy) is 1. The number of nitrogens with one attached hydrogen (secondary N) is 1. The Morgan fingerprint density at radius 2 is 1.83 bits per heavy atom. The fourth-order valence-electron chi connectivity index (χ4n) is 2.78. The maximum absolute atomic E-state index is 12.4. The van der Waals surface area contributed by atoms with Crippen LogP contribution in [0.4, 0.5) is 0 Å². The van der Waals surface area contributed by atoms with Crippen molar-refractivity contribution in [3.8, 4) is 5.75 Å². The molecule has 0 aliphatic heterocycles. The first-order valence-corrected chi connectivity index (χ1v) is 9.28. The molecule has 0 aromatic heterocycles. The zero-order valence-electron chi connectivity index (χ0n) is 16.0. The molecule has 0 unspecified atom stereocenters. The van der Waals surface area contributed by atoms with Crippen molar-refractivity contribution in [2.75, 3.05) is 13.2 Å². The molecule has 2 rings (SSSR count). The van der Waals surface area contributed by atoms with Crippen LogP contribution >= 0.6 is 0 Å². The van der Waals surface area contributed by atoms with E-state index in [9.17, 15) is 19.6 Å². The van der Waals surface area contributed by atoms with Gasteiger partial charge < -0.3 is 30.9 Å². The van der Waals surface area contributed by atoms with Crippen LogP contribution in [0.15, 0.2) is 48.5 Å². The van der Waals surface area contributed by atoms with Crippen molar-refractivity contribution in [1.82, 2.24) is 5.32 Å². The molecule has 0 saturated carbocycles. The van der Waals surface area contributed by atoms with E-state index in [1.165, 1.54) is 12.1 Å². The lowest BCUT2D eigenvalue weighted by atomic mass is 9.75. The summed E-state index contributed by atoms with van der Waals surface area (Å²) in [6.45, 7) is 1.02. The van der Waals surface area contributed by atoms with Crippen molar-refractivity contribution >= 4 is 19.0 Å². The number of amides is 1. The topological polar surface area (TPSA) is 142 Å². The summed E-state index contributed by atoms with van der Waals surface area (Å²) in [7, 11) is -1.79. The van der Waals surface area contributed by atoms with Gasteiger partial charge in [-0.1, -0.05) is 24.3 Å². The monoisotopic (exact) mass is 400 g/mol. The standard InChI is InChI=1S/C20H25BN2O6/c22-8-3-9-29-17-7-2-5-15(11-17)13-19(24)23-18(21(27)28)12-14-4-1-6-16(10-14)20(25)26/h1-2,4-7,10-11,18,27-28H,3,8-9,12-13,22H2,(H,23,24)(H,25,26)/t18-/m0/s1. The Morgan fingerprint density at radius 1 is 1.10 bits per heavy atom. The van der Waals surface area contributed by atoms with Gasteiger partial charge in [0.15, 0.2) is 0 Å². The quantitative estimate of drug-likeness (QED) is 0.271. The summed E-state index contributed by atoms with van der Waals surface area (Å²) in [5, 5.41) is 30.9. The van der Waals surface area contributed by atoms with Crippen LogP contribution in [0.25, 0.3) is 0 Å². The second-order valence-electron chi connectivity index (χ2n) is 6.61. The highest BCUT2D eigenvalue weighted by Gasteiger charge is 2.26. The van der Waals surface area contributed by atoms with E-state index in [-0.39, 0.29) is 18.4 Å². The second kappa shape index (κ2) is 11.2. The van der Waals surface area contributed by atoms with E-state index in [0.29, 0.717) is 30.0 Å². The minimum atomic E-state index is -1.79. The number of hydrogen-bond donors (Lipinski definition) is 5. The molecule has 2 aromatic rings. The van der Waals surface area contributed by atoms with Crippen molar-refractivity contribution in [3.05, 3.63) is 65.2 Å². The molecule has 0 fully saturated rings. The maximum Gasteiger partial charge on any atom is 0.475 e. The van der Waals surface area contributed by atoms with Crippen LogP contribution in [0.3, 0.4) is 0 Å². The van der Waals surface area contributed by atoms with E-state index < -0.39 is 24.9 Å². The van der Waals surface area contributed by atoms with Gasteiger partial charge in [-0.2, -0.15) is 0 Å². The third-order valence-corrected chi connectivity index (χ3v) is 4.22. The summed E-state index contributed by atoms with van der Waals surface area (Å²) in [4.78, 5) is 23.5. The normalized spacial score (nSPS) is 11.6. The molecule has 8 nitrogen and oxygen atoms in total. The van der Waals surface area contributed by atoms with Crippen LogP contribution in [0.2, 0.25) is 0 Å². The van der Waals surface area contributed by atoms with Crippen molar-refractivity contribution in [1.29, 1.82) is 0 Å². The highest BCUT2D eigenvalue weighted by atomic mass is 16.5. The number of carbonyl (C=O) groups is 2. The molecule has 2 aromatic carbocycles. The summed E-state index contributed by atoms with van der Waals surface area (Å²) in [5.74, 6) is -1.81. The first kappa shape index (κ1) is 22.4. The van der Waals surface area contributed by atoms with Crippen LogP contribution in [0, 0.1) is 0 Å². The molecule has 6 N–H and O–H groups in total. The van der Waals surface area contributed by atoms with Gasteiger partial charge in [0.25, 0.3) is 0 Å². The molecule has 1 amide bonds. The number of aromatic carboxylic acids is 1. The summed E-state index contributed by atoms with van der Waals surface area (Å²) in [6, 6.07) is 13.2. The number of carboxylic acids is 1. The SMILES string of the molecule is NCCCOc1cccc(CC(=O)N[C@@H](Cc2cccc(C(=O)O)c2)B(O)O)c1. The molecule has 1 atom stereocenters. The smallest absolute Gasteiger partial charge is 0.475 e. The molecule has 0 spiro atoms. The third-order valence-electron chi connectivity index (χ3n) is 4.22. The molecule has 0 aliphatic rings. The van der Waals surface area contributed by atoms with Crippen LogP contribution in [-0.2, 0) is 17.6 Å². The van der Waals surface area contributed by atoms with E-state index in [4.69, 9.17) is 15.6 Å². The average molecular weight is 400 g/mol. The molecule has 154 valence electrons. The number of carboxylic acid groups (broad SMARTS) is 1. The van der Waals surface area contributed by atoms with Gasteiger partial charge in [-0.15, -0.1) is 0 Å². The van der Waals surface area contributed by atoms with E-state index in [1.54, 1.807) is 36.4 Å². The minimum absolute atomic E-state index is 0.0342. The predicted octanol–water partition coefficient (Wildman–Crippen LogP) is 0.394. The third kappa shape index (κ3) is 7.57. The Bertz CT molecular complexity index is 830. The molecular weight excluding hydrogens is 375 g/mol. The molecule has 0 radical (unpaired) electrons. The van der Waals surface area contributed by atoms with E-state index in [0.717, 1.165) is 6.42 Å². The first-order valence-electron chi connectivity index (χ1n) is 9.28. The fourth-order valence-corrected chi connectivity index (χ4v) is 2.78. The van der Waals surface area contributed by atoms with Crippen molar-refractivity contribution in [3.63, 3.8) is 0 Å². The molecule has 9 heteroatoms.